The van der Waals surface area contributed by atoms with Gasteiger partial charge in [-0.3, -0.25) is 9.59 Å². The van der Waals surface area contributed by atoms with E-state index >= 15 is 0 Å². The highest BCUT2D eigenvalue weighted by Crippen LogP contribution is 2.19. The standard InChI is InChI=1S/C15H20N6O2/c1-10(22)19-12(6-11-7-16-9-18-11)15(23)20-14-8-17-13-4-2-3-5-21(13)14/h7-9,12H,2-6H2,1H3,(H,16,18)(H,19,22)(H,20,23)/t12-/m0/s1. The third-order valence-electron chi connectivity index (χ3n) is 3.89. The fraction of sp³-hybridized carbons (Fsp3) is 0.467. The molecule has 2 amide bonds. The van der Waals surface area contributed by atoms with Crippen molar-refractivity contribution in [3.05, 3.63) is 30.2 Å². The molecule has 1 aliphatic heterocycles. The molecule has 3 rings (SSSR count). The molecular formula is C15H20N6O2. The van der Waals surface area contributed by atoms with Crippen molar-refractivity contribution in [1.29, 1.82) is 0 Å². The molecule has 3 heterocycles. The third kappa shape index (κ3) is 3.58. The van der Waals surface area contributed by atoms with Crippen LogP contribution in [0, 0.1) is 0 Å². The number of nitrogens with zero attached hydrogens (tertiary/aromatic N) is 3. The predicted molar refractivity (Wildman–Crippen MR) is 83.7 cm³/mol. The van der Waals surface area contributed by atoms with Gasteiger partial charge in [0, 0.05) is 38.2 Å². The topological polar surface area (TPSA) is 105 Å². The van der Waals surface area contributed by atoms with Gasteiger partial charge in [-0.1, -0.05) is 0 Å². The van der Waals surface area contributed by atoms with Crippen molar-refractivity contribution in [2.75, 3.05) is 5.32 Å². The van der Waals surface area contributed by atoms with Crippen molar-refractivity contribution in [2.24, 2.45) is 0 Å². The van der Waals surface area contributed by atoms with Crippen molar-refractivity contribution in [3.63, 3.8) is 0 Å². The lowest BCUT2D eigenvalue weighted by molar-refractivity contribution is -0.125. The molecule has 0 radical (unpaired) electrons. The Balaban J connectivity index is 1.72. The second kappa shape index (κ2) is 6.64. The van der Waals surface area contributed by atoms with E-state index in [0.29, 0.717) is 12.2 Å². The Labute approximate surface area is 133 Å². The first-order valence-corrected chi connectivity index (χ1v) is 7.73. The molecule has 3 N–H and O–H groups in total. The van der Waals surface area contributed by atoms with E-state index in [1.165, 1.54) is 6.92 Å². The molecule has 0 spiro atoms. The van der Waals surface area contributed by atoms with Crippen LogP contribution in [0.3, 0.4) is 0 Å². The van der Waals surface area contributed by atoms with Crippen LogP contribution in [-0.2, 0) is 29.0 Å². The van der Waals surface area contributed by atoms with E-state index in [-0.39, 0.29) is 11.8 Å². The van der Waals surface area contributed by atoms with E-state index in [0.717, 1.165) is 37.3 Å². The van der Waals surface area contributed by atoms with E-state index in [1.807, 2.05) is 4.57 Å². The molecule has 8 heteroatoms. The minimum Gasteiger partial charge on any atom is -0.348 e. The number of amides is 2. The highest BCUT2D eigenvalue weighted by Gasteiger charge is 2.23. The molecule has 2 aromatic heterocycles. The summed E-state index contributed by atoms with van der Waals surface area (Å²) in [5, 5.41) is 5.56. The number of carbonyl (C=O) groups is 2. The average Bonchev–Trinajstić information content (AvgIpc) is 3.16. The molecule has 23 heavy (non-hydrogen) atoms. The van der Waals surface area contributed by atoms with Gasteiger partial charge >= 0.3 is 0 Å². The first-order valence-electron chi connectivity index (χ1n) is 7.73. The summed E-state index contributed by atoms with van der Waals surface area (Å²) in [7, 11) is 0. The number of carbonyl (C=O) groups excluding carboxylic acids is 2. The number of hydrogen-bond acceptors (Lipinski definition) is 4. The van der Waals surface area contributed by atoms with Gasteiger partial charge in [-0.2, -0.15) is 0 Å². The number of aryl methyl sites for hydroxylation is 1. The molecule has 0 saturated heterocycles. The molecule has 8 nitrogen and oxygen atoms in total. The third-order valence-corrected chi connectivity index (χ3v) is 3.89. The van der Waals surface area contributed by atoms with Crippen LogP contribution in [0.1, 0.15) is 31.3 Å². The van der Waals surface area contributed by atoms with Crippen molar-refractivity contribution in [1.82, 2.24) is 24.8 Å². The first kappa shape index (κ1) is 15.3. The number of hydrogen-bond donors (Lipinski definition) is 3. The summed E-state index contributed by atoms with van der Waals surface area (Å²) in [6.45, 7) is 2.25. The van der Waals surface area contributed by atoms with Crippen LogP contribution >= 0.6 is 0 Å². The molecule has 1 atom stereocenters. The molecule has 0 bridgehead atoms. The normalized spacial score (nSPS) is 14.8. The van der Waals surface area contributed by atoms with Gasteiger partial charge in [-0.15, -0.1) is 0 Å². The van der Waals surface area contributed by atoms with Gasteiger partial charge < -0.3 is 20.2 Å². The van der Waals surface area contributed by atoms with E-state index in [4.69, 9.17) is 0 Å². The van der Waals surface area contributed by atoms with E-state index in [1.54, 1.807) is 18.7 Å². The Kier molecular flexibility index (Phi) is 4.40. The Hall–Kier alpha value is -2.64. The summed E-state index contributed by atoms with van der Waals surface area (Å²) < 4.78 is 2.03. The number of aromatic amines is 1. The molecule has 2 aromatic rings. The van der Waals surface area contributed by atoms with Gasteiger partial charge in [0.2, 0.25) is 11.8 Å². The van der Waals surface area contributed by atoms with E-state index < -0.39 is 6.04 Å². The number of anilines is 1. The summed E-state index contributed by atoms with van der Waals surface area (Å²) in [5.74, 6) is 1.17. The number of imidazole rings is 2. The lowest BCUT2D eigenvalue weighted by Gasteiger charge is -2.19. The lowest BCUT2D eigenvalue weighted by Crippen LogP contribution is -2.44. The molecule has 0 fully saturated rings. The van der Waals surface area contributed by atoms with Crippen molar-refractivity contribution in [3.8, 4) is 0 Å². The molecule has 0 unspecified atom stereocenters. The van der Waals surface area contributed by atoms with Crippen LogP contribution in [0.2, 0.25) is 0 Å². The van der Waals surface area contributed by atoms with Gasteiger partial charge in [0.15, 0.2) is 0 Å². The maximum atomic E-state index is 12.6. The summed E-state index contributed by atoms with van der Waals surface area (Å²) in [4.78, 5) is 35.2. The Morgan fingerprint density at radius 1 is 1.39 bits per heavy atom. The minimum atomic E-state index is -0.664. The molecule has 0 aromatic carbocycles. The van der Waals surface area contributed by atoms with Crippen LogP contribution in [0.25, 0.3) is 0 Å². The van der Waals surface area contributed by atoms with Gasteiger partial charge in [0.25, 0.3) is 0 Å². The average molecular weight is 316 g/mol. The summed E-state index contributed by atoms with van der Waals surface area (Å²) in [6.07, 6.45) is 8.35. The smallest absolute Gasteiger partial charge is 0.248 e. The number of nitrogens with one attached hydrogen (secondary N) is 3. The van der Waals surface area contributed by atoms with Gasteiger partial charge in [-0.25, -0.2) is 9.97 Å². The quantitative estimate of drug-likeness (QED) is 0.752. The highest BCUT2D eigenvalue weighted by atomic mass is 16.2. The largest absolute Gasteiger partial charge is 0.348 e. The fourth-order valence-corrected chi connectivity index (χ4v) is 2.80. The zero-order chi connectivity index (χ0) is 16.2. The van der Waals surface area contributed by atoms with Crippen LogP contribution in [0.5, 0.6) is 0 Å². The molecule has 0 aliphatic carbocycles. The molecular weight excluding hydrogens is 296 g/mol. The van der Waals surface area contributed by atoms with Crippen molar-refractivity contribution < 1.29 is 9.59 Å². The summed E-state index contributed by atoms with van der Waals surface area (Å²) in [6, 6.07) is -0.664. The maximum Gasteiger partial charge on any atom is 0.248 e. The van der Waals surface area contributed by atoms with E-state index in [2.05, 4.69) is 25.6 Å². The maximum absolute atomic E-state index is 12.6. The molecule has 122 valence electrons. The Morgan fingerprint density at radius 2 is 2.26 bits per heavy atom. The zero-order valence-corrected chi connectivity index (χ0v) is 13.0. The van der Waals surface area contributed by atoms with Crippen LogP contribution in [0.15, 0.2) is 18.7 Å². The number of aromatic nitrogens is 4. The van der Waals surface area contributed by atoms with Crippen molar-refractivity contribution in [2.45, 2.75) is 45.2 Å². The first-order chi connectivity index (χ1) is 11.1. The van der Waals surface area contributed by atoms with Gasteiger partial charge in [0.1, 0.15) is 17.7 Å². The highest BCUT2D eigenvalue weighted by molar-refractivity contribution is 5.96. The summed E-state index contributed by atoms with van der Waals surface area (Å²) in [5.41, 5.74) is 0.786. The fourth-order valence-electron chi connectivity index (χ4n) is 2.80. The molecule has 0 saturated carbocycles. The monoisotopic (exact) mass is 316 g/mol. The van der Waals surface area contributed by atoms with E-state index in [9.17, 15) is 9.59 Å². The van der Waals surface area contributed by atoms with Gasteiger partial charge in [-0.05, 0) is 12.8 Å². The second-order valence-electron chi connectivity index (χ2n) is 5.69. The predicted octanol–water partition coefficient (Wildman–Crippen LogP) is 0.628. The zero-order valence-electron chi connectivity index (χ0n) is 13.0. The molecule has 1 aliphatic rings. The van der Waals surface area contributed by atoms with Crippen LogP contribution in [0.4, 0.5) is 5.82 Å². The lowest BCUT2D eigenvalue weighted by atomic mass is 10.1. The number of fused-ring (bicyclic) bond motifs is 1. The number of H-pyrrole nitrogens is 1. The summed E-state index contributed by atoms with van der Waals surface area (Å²) >= 11 is 0. The second-order valence-corrected chi connectivity index (χ2v) is 5.69. The number of rotatable bonds is 5. The van der Waals surface area contributed by atoms with Gasteiger partial charge in [0.05, 0.1) is 12.5 Å². The Bertz CT molecular complexity index is 691. The SMILES string of the molecule is CC(=O)N[C@@H](Cc1cnc[nH]1)C(=O)Nc1cnc2n1CCCC2. The Morgan fingerprint density at radius 3 is 3.00 bits per heavy atom. The van der Waals surface area contributed by atoms with Crippen molar-refractivity contribution >= 4 is 17.6 Å². The van der Waals surface area contributed by atoms with Crippen LogP contribution < -0.4 is 10.6 Å². The minimum absolute atomic E-state index is 0.250. The van der Waals surface area contributed by atoms with Crippen LogP contribution in [-0.4, -0.2) is 37.4 Å².